The van der Waals surface area contributed by atoms with E-state index in [1.54, 1.807) is 0 Å². The molecule has 100 valence electrons. The van der Waals surface area contributed by atoms with Gasteiger partial charge < -0.3 is 14.8 Å². The van der Waals surface area contributed by atoms with Gasteiger partial charge in [0.15, 0.2) is 0 Å². The number of nitrogens with one attached hydrogen (secondary N) is 1. The molecule has 0 aliphatic carbocycles. The van der Waals surface area contributed by atoms with Gasteiger partial charge in [-0.1, -0.05) is 15.9 Å². The summed E-state index contributed by atoms with van der Waals surface area (Å²) in [5.41, 5.74) is 0. The lowest BCUT2D eigenvalue weighted by molar-refractivity contribution is 0.177. The van der Waals surface area contributed by atoms with Gasteiger partial charge >= 0.3 is 0 Å². The molecule has 1 heterocycles. The van der Waals surface area contributed by atoms with Crippen molar-refractivity contribution in [1.29, 1.82) is 0 Å². The third-order valence-corrected chi connectivity index (χ3v) is 3.85. The summed E-state index contributed by atoms with van der Waals surface area (Å²) < 4.78 is 12.1. The molecule has 1 saturated heterocycles. The standard InChI is InChI=1S/C14H20BrNO2/c1-11(12-6-8-17-10-12)16-7-9-18-14-4-2-13(15)3-5-14/h2-5,11-12,16H,6-10H2,1H3. The zero-order valence-electron chi connectivity index (χ0n) is 10.7. The van der Waals surface area contributed by atoms with E-state index in [0.29, 0.717) is 18.6 Å². The van der Waals surface area contributed by atoms with E-state index in [2.05, 4.69) is 28.2 Å². The normalized spacial score (nSPS) is 20.9. The fourth-order valence-corrected chi connectivity index (χ4v) is 2.36. The zero-order chi connectivity index (χ0) is 12.8. The highest BCUT2D eigenvalue weighted by Crippen LogP contribution is 2.17. The maximum absolute atomic E-state index is 5.66. The van der Waals surface area contributed by atoms with Crippen LogP contribution in [0.15, 0.2) is 28.7 Å². The van der Waals surface area contributed by atoms with Gasteiger partial charge in [-0.2, -0.15) is 0 Å². The quantitative estimate of drug-likeness (QED) is 0.819. The second-order valence-corrected chi connectivity index (χ2v) is 5.58. The van der Waals surface area contributed by atoms with Crippen molar-refractivity contribution in [1.82, 2.24) is 5.32 Å². The molecule has 0 saturated carbocycles. The molecule has 1 fully saturated rings. The number of ether oxygens (including phenoxy) is 2. The van der Waals surface area contributed by atoms with E-state index in [1.807, 2.05) is 24.3 Å². The SMILES string of the molecule is CC(NCCOc1ccc(Br)cc1)C1CCOC1. The first-order chi connectivity index (χ1) is 8.75. The van der Waals surface area contributed by atoms with Crippen LogP contribution in [-0.4, -0.2) is 32.4 Å². The van der Waals surface area contributed by atoms with Crippen LogP contribution in [0.4, 0.5) is 0 Å². The number of halogens is 1. The van der Waals surface area contributed by atoms with Crippen molar-refractivity contribution in [3.05, 3.63) is 28.7 Å². The molecule has 0 amide bonds. The molecule has 0 bridgehead atoms. The lowest BCUT2D eigenvalue weighted by atomic mass is 10.0. The van der Waals surface area contributed by atoms with Crippen LogP contribution in [0.1, 0.15) is 13.3 Å². The zero-order valence-corrected chi connectivity index (χ0v) is 12.3. The van der Waals surface area contributed by atoms with Crippen molar-refractivity contribution < 1.29 is 9.47 Å². The van der Waals surface area contributed by atoms with Gasteiger partial charge in [0.2, 0.25) is 0 Å². The van der Waals surface area contributed by atoms with Crippen LogP contribution in [0, 0.1) is 5.92 Å². The number of benzene rings is 1. The second-order valence-electron chi connectivity index (χ2n) is 4.67. The minimum Gasteiger partial charge on any atom is -0.492 e. The van der Waals surface area contributed by atoms with E-state index in [4.69, 9.17) is 9.47 Å². The molecule has 0 spiro atoms. The summed E-state index contributed by atoms with van der Waals surface area (Å²) >= 11 is 3.40. The lowest BCUT2D eigenvalue weighted by Gasteiger charge is -2.19. The minimum atomic E-state index is 0.501. The van der Waals surface area contributed by atoms with E-state index < -0.39 is 0 Å². The third-order valence-electron chi connectivity index (χ3n) is 3.32. The van der Waals surface area contributed by atoms with Crippen molar-refractivity contribution in [2.45, 2.75) is 19.4 Å². The Morgan fingerprint density at radius 3 is 2.89 bits per heavy atom. The van der Waals surface area contributed by atoms with Crippen molar-refractivity contribution in [3.8, 4) is 5.75 Å². The van der Waals surface area contributed by atoms with Crippen molar-refractivity contribution >= 4 is 15.9 Å². The van der Waals surface area contributed by atoms with E-state index in [-0.39, 0.29) is 0 Å². The van der Waals surface area contributed by atoms with Crippen LogP contribution in [0.3, 0.4) is 0 Å². The molecule has 2 atom stereocenters. The highest BCUT2D eigenvalue weighted by molar-refractivity contribution is 9.10. The Hall–Kier alpha value is -0.580. The highest BCUT2D eigenvalue weighted by atomic mass is 79.9. The monoisotopic (exact) mass is 313 g/mol. The summed E-state index contributed by atoms with van der Waals surface area (Å²) in [5, 5.41) is 3.49. The molecule has 0 radical (unpaired) electrons. The molecule has 1 aliphatic heterocycles. The van der Waals surface area contributed by atoms with Gasteiger partial charge in [-0.15, -0.1) is 0 Å². The van der Waals surface area contributed by atoms with Crippen molar-refractivity contribution in [3.63, 3.8) is 0 Å². The summed E-state index contributed by atoms with van der Waals surface area (Å²) in [5.74, 6) is 1.56. The number of hydrogen-bond donors (Lipinski definition) is 1. The topological polar surface area (TPSA) is 30.5 Å². The average molecular weight is 314 g/mol. The van der Waals surface area contributed by atoms with Crippen LogP contribution in [0.5, 0.6) is 5.75 Å². The largest absolute Gasteiger partial charge is 0.492 e. The first kappa shape index (κ1) is 13.8. The van der Waals surface area contributed by atoms with Crippen molar-refractivity contribution in [2.75, 3.05) is 26.4 Å². The first-order valence-electron chi connectivity index (χ1n) is 6.45. The fourth-order valence-electron chi connectivity index (χ4n) is 2.10. The van der Waals surface area contributed by atoms with Gasteiger partial charge in [0.25, 0.3) is 0 Å². The molecule has 1 aliphatic rings. The highest BCUT2D eigenvalue weighted by Gasteiger charge is 2.21. The Kier molecular flexibility index (Phi) is 5.47. The molecular weight excluding hydrogens is 294 g/mol. The Bertz CT molecular complexity index is 349. The van der Waals surface area contributed by atoms with Crippen LogP contribution >= 0.6 is 15.9 Å². The summed E-state index contributed by atoms with van der Waals surface area (Å²) in [6.45, 7) is 5.58. The molecule has 2 unspecified atom stereocenters. The molecule has 1 aromatic carbocycles. The van der Waals surface area contributed by atoms with Crippen LogP contribution in [0.25, 0.3) is 0 Å². The fraction of sp³-hybridized carbons (Fsp3) is 0.571. The summed E-state index contributed by atoms with van der Waals surface area (Å²) in [6.07, 6.45) is 1.17. The van der Waals surface area contributed by atoms with E-state index in [0.717, 1.165) is 30.0 Å². The Morgan fingerprint density at radius 2 is 2.22 bits per heavy atom. The molecule has 2 rings (SSSR count). The molecule has 1 N–H and O–H groups in total. The lowest BCUT2D eigenvalue weighted by Crippen LogP contribution is -2.36. The molecular formula is C14H20BrNO2. The summed E-state index contributed by atoms with van der Waals surface area (Å²) in [7, 11) is 0. The Balaban J connectivity index is 1.62. The summed E-state index contributed by atoms with van der Waals surface area (Å²) in [6, 6.07) is 8.42. The second kappa shape index (κ2) is 7.12. The molecule has 3 nitrogen and oxygen atoms in total. The van der Waals surface area contributed by atoms with Gasteiger partial charge in [-0.25, -0.2) is 0 Å². The predicted octanol–water partition coefficient (Wildman–Crippen LogP) is 2.84. The maximum Gasteiger partial charge on any atom is 0.119 e. The van der Waals surface area contributed by atoms with Gasteiger partial charge in [0.1, 0.15) is 12.4 Å². The number of hydrogen-bond acceptors (Lipinski definition) is 3. The smallest absolute Gasteiger partial charge is 0.119 e. The summed E-state index contributed by atoms with van der Waals surface area (Å²) in [4.78, 5) is 0. The van der Waals surface area contributed by atoms with Crippen molar-refractivity contribution in [2.24, 2.45) is 5.92 Å². The Labute approximate surface area is 117 Å². The average Bonchev–Trinajstić information content (AvgIpc) is 2.90. The third kappa shape index (κ3) is 4.26. The molecule has 1 aromatic rings. The van der Waals surface area contributed by atoms with E-state index in [9.17, 15) is 0 Å². The Morgan fingerprint density at radius 1 is 1.44 bits per heavy atom. The number of rotatable bonds is 6. The van der Waals surface area contributed by atoms with Crippen LogP contribution < -0.4 is 10.1 Å². The molecule has 4 heteroatoms. The van der Waals surface area contributed by atoms with E-state index >= 15 is 0 Å². The predicted molar refractivity (Wildman–Crippen MR) is 76.0 cm³/mol. The molecule has 18 heavy (non-hydrogen) atoms. The van der Waals surface area contributed by atoms with Gasteiger partial charge in [0, 0.05) is 23.7 Å². The van der Waals surface area contributed by atoms with Gasteiger partial charge in [-0.3, -0.25) is 0 Å². The van der Waals surface area contributed by atoms with E-state index in [1.165, 1.54) is 6.42 Å². The van der Waals surface area contributed by atoms with Crippen LogP contribution in [-0.2, 0) is 4.74 Å². The minimum absolute atomic E-state index is 0.501. The van der Waals surface area contributed by atoms with Gasteiger partial charge in [0.05, 0.1) is 6.61 Å². The maximum atomic E-state index is 5.66. The van der Waals surface area contributed by atoms with Gasteiger partial charge in [-0.05, 0) is 43.5 Å². The molecule has 0 aromatic heterocycles. The first-order valence-corrected chi connectivity index (χ1v) is 7.24. The van der Waals surface area contributed by atoms with Crippen LogP contribution in [0.2, 0.25) is 0 Å².